The Kier molecular flexibility index (Phi) is 31.5. The number of rotatable bonds is 34. The van der Waals surface area contributed by atoms with E-state index in [1.54, 1.807) is 0 Å². The van der Waals surface area contributed by atoms with Gasteiger partial charge in [0.15, 0.2) is 5.79 Å². The maximum atomic E-state index is 6.70. The lowest BCUT2D eigenvalue weighted by Crippen LogP contribution is -2.31. The van der Waals surface area contributed by atoms with Gasteiger partial charge >= 0.3 is 0 Å². The molecule has 0 amide bonds. The zero-order valence-electron chi connectivity index (χ0n) is 31.4. The van der Waals surface area contributed by atoms with Crippen molar-refractivity contribution in [2.45, 2.75) is 225 Å². The highest BCUT2D eigenvalue weighted by Crippen LogP contribution is 2.36. The van der Waals surface area contributed by atoms with Gasteiger partial charge in [-0.05, 0) is 83.5 Å². The predicted octanol–water partition coefficient (Wildman–Crippen LogP) is 15.1. The van der Waals surface area contributed by atoms with Crippen LogP contribution in [0, 0.1) is 0 Å². The monoisotopic (exact) mass is 641 g/mol. The number of unbranched alkanes of at least 4 members (excludes halogenated alkanes) is 20. The van der Waals surface area contributed by atoms with E-state index in [9.17, 15) is 0 Å². The molecule has 0 spiro atoms. The van der Waals surface area contributed by atoms with Gasteiger partial charge in [-0.1, -0.05) is 166 Å². The minimum Gasteiger partial charge on any atom is -0.347 e. The average molecular weight is 641 g/mol. The third kappa shape index (κ3) is 26.9. The highest BCUT2D eigenvalue weighted by molar-refractivity contribution is 4.93. The molecule has 1 fully saturated rings. The van der Waals surface area contributed by atoms with E-state index in [4.69, 9.17) is 9.47 Å². The summed E-state index contributed by atoms with van der Waals surface area (Å²) in [5, 5.41) is 0. The summed E-state index contributed by atoms with van der Waals surface area (Å²) in [6.07, 6.45) is 57.6. The lowest BCUT2D eigenvalue weighted by Gasteiger charge is -2.28. The Morgan fingerprint density at radius 2 is 0.804 bits per heavy atom. The molecule has 0 aromatic rings. The van der Waals surface area contributed by atoms with Gasteiger partial charge in [-0.15, -0.1) is 0 Å². The first-order valence-corrected chi connectivity index (χ1v) is 20.7. The van der Waals surface area contributed by atoms with Crippen molar-refractivity contribution >= 4 is 0 Å². The van der Waals surface area contributed by atoms with Gasteiger partial charge in [0.25, 0.3) is 0 Å². The lowest BCUT2D eigenvalue weighted by molar-refractivity contribution is -0.180. The van der Waals surface area contributed by atoms with Crippen LogP contribution in [0.3, 0.4) is 0 Å². The first-order chi connectivity index (χ1) is 22.8. The zero-order chi connectivity index (χ0) is 33.1. The Morgan fingerprint density at radius 3 is 1.24 bits per heavy atom. The fourth-order valence-corrected chi connectivity index (χ4v) is 6.53. The van der Waals surface area contributed by atoms with Crippen LogP contribution in [0.2, 0.25) is 0 Å². The number of hydrogen-bond donors (Lipinski definition) is 0. The Labute approximate surface area is 289 Å². The number of ether oxygens (including phenoxy) is 2. The molecule has 0 saturated carbocycles. The first-order valence-electron chi connectivity index (χ1n) is 20.7. The molecule has 1 heterocycles. The van der Waals surface area contributed by atoms with Crippen LogP contribution in [-0.4, -0.2) is 18.5 Å². The van der Waals surface area contributed by atoms with Gasteiger partial charge in [0.1, 0.15) is 0 Å². The normalized spacial score (nSPS) is 16.8. The molecule has 2 heteroatoms. The molecule has 2 nitrogen and oxygen atoms in total. The highest BCUT2D eigenvalue weighted by atomic mass is 16.7. The Hall–Kier alpha value is -1.12. The molecule has 1 saturated heterocycles. The SMILES string of the molecule is CCCCC/C=C\C/C=C\CCCCCCCCC1(CCCCCCCC/C=C\C/C=C\CCCCC)OCC(CCCCC)O1. The van der Waals surface area contributed by atoms with Crippen molar-refractivity contribution in [2.24, 2.45) is 0 Å². The second-order valence-corrected chi connectivity index (χ2v) is 14.1. The summed E-state index contributed by atoms with van der Waals surface area (Å²) in [4.78, 5) is 0. The maximum Gasteiger partial charge on any atom is 0.168 e. The first kappa shape index (κ1) is 42.9. The second kappa shape index (κ2) is 33.8. The summed E-state index contributed by atoms with van der Waals surface area (Å²) in [6.45, 7) is 7.64. The minimum absolute atomic E-state index is 0.290. The molecule has 0 aromatic heterocycles. The molecule has 1 aliphatic rings. The van der Waals surface area contributed by atoms with Crippen LogP contribution in [0.25, 0.3) is 0 Å². The quantitative estimate of drug-likeness (QED) is 0.0514. The van der Waals surface area contributed by atoms with E-state index in [0.717, 1.165) is 32.3 Å². The van der Waals surface area contributed by atoms with Crippen LogP contribution < -0.4 is 0 Å². The third-order valence-electron chi connectivity index (χ3n) is 9.56. The van der Waals surface area contributed by atoms with Crippen molar-refractivity contribution in [1.82, 2.24) is 0 Å². The molecular formula is C44H80O2. The minimum atomic E-state index is -0.290. The van der Waals surface area contributed by atoms with Crippen LogP contribution in [0.1, 0.15) is 213 Å². The van der Waals surface area contributed by atoms with E-state index >= 15 is 0 Å². The molecular weight excluding hydrogens is 560 g/mol. The van der Waals surface area contributed by atoms with E-state index in [1.807, 2.05) is 0 Å². The molecule has 46 heavy (non-hydrogen) atoms. The summed E-state index contributed by atoms with van der Waals surface area (Å²) in [5.41, 5.74) is 0. The Balaban J connectivity index is 2.15. The Bertz CT molecular complexity index is 684. The van der Waals surface area contributed by atoms with Crippen molar-refractivity contribution in [2.75, 3.05) is 6.61 Å². The van der Waals surface area contributed by atoms with Gasteiger partial charge in [-0.25, -0.2) is 0 Å². The lowest BCUT2D eigenvalue weighted by atomic mass is 9.98. The summed E-state index contributed by atoms with van der Waals surface area (Å²) in [7, 11) is 0. The molecule has 0 aliphatic carbocycles. The van der Waals surface area contributed by atoms with Crippen molar-refractivity contribution in [3.05, 3.63) is 48.6 Å². The van der Waals surface area contributed by atoms with Gasteiger partial charge in [-0.3, -0.25) is 0 Å². The third-order valence-corrected chi connectivity index (χ3v) is 9.56. The van der Waals surface area contributed by atoms with Gasteiger partial charge < -0.3 is 9.47 Å². The van der Waals surface area contributed by atoms with E-state index in [-0.39, 0.29) is 5.79 Å². The van der Waals surface area contributed by atoms with Gasteiger partial charge in [0.05, 0.1) is 12.7 Å². The fraction of sp³-hybridized carbons (Fsp3) is 0.818. The van der Waals surface area contributed by atoms with Crippen LogP contribution in [0.15, 0.2) is 48.6 Å². The van der Waals surface area contributed by atoms with Crippen molar-refractivity contribution < 1.29 is 9.47 Å². The second-order valence-electron chi connectivity index (χ2n) is 14.1. The molecule has 1 atom stereocenters. The molecule has 0 radical (unpaired) electrons. The van der Waals surface area contributed by atoms with Crippen molar-refractivity contribution in [1.29, 1.82) is 0 Å². The van der Waals surface area contributed by atoms with Crippen LogP contribution in [0.5, 0.6) is 0 Å². The average Bonchev–Trinajstić information content (AvgIpc) is 3.47. The molecule has 0 bridgehead atoms. The highest BCUT2D eigenvalue weighted by Gasteiger charge is 2.40. The predicted molar refractivity (Wildman–Crippen MR) is 206 cm³/mol. The molecule has 268 valence electrons. The van der Waals surface area contributed by atoms with Gasteiger partial charge in [0.2, 0.25) is 0 Å². The van der Waals surface area contributed by atoms with Crippen LogP contribution >= 0.6 is 0 Å². The molecule has 1 aliphatic heterocycles. The maximum absolute atomic E-state index is 6.70. The molecule has 1 unspecified atom stereocenters. The smallest absolute Gasteiger partial charge is 0.168 e. The van der Waals surface area contributed by atoms with Gasteiger partial charge in [0, 0.05) is 12.8 Å². The molecule has 1 rings (SSSR count). The standard InChI is InChI=1S/C44H80O2/c1-4-7-10-12-14-16-18-20-22-24-26-28-30-32-34-37-40-44(45-42-43(46-44)39-36-9-6-3)41-38-35-33-31-29-27-25-23-21-19-17-15-13-11-8-5-2/h14-17,20-23,43H,4-13,18-19,24-42H2,1-3H3/b16-14-,17-15-,22-20-,23-21-. The van der Waals surface area contributed by atoms with Crippen molar-refractivity contribution in [3.63, 3.8) is 0 Å². The van der Waals surface area contributed by atoms with Crippen molar-refractivity contribution in [3.8, 4) is 0 Å². The summed E-state index contributed by atoms with van der Waals surface area (Å²) < 4.78 is 13.2. The molecule has 0 N–H and O–H groups in total. The van der Waals surface area contributed by atoms with Crippen LogP contribution in [0.4, 0.5) is 0 Å². The summed E-state index contributed by atoms with van der Waals surface area (Å²) in [6, 6.07) is 0. The summed E-state index contributed by atoms with van der Waals surface area (Å²) in [5.74, 6) is -0.290. The number of allylic oxidation sites excluding steroid dienone is 8. The fourth-order valence-electron chi connectivity index (χ4n) is 6.53. The number of hydrogen-bond acceptors (Lipinski definition) is 2. The van der Waals surface area contributed by atoms with E-state index < -0.39 is 0 Å². The Morgan fingerprint density at radius 1 is 0.435 bits per heavy atom. The van der Waals surface area contributed by atoms with E-state index in [1.165, 1.54) is 167 Å². The largest absolute Gasteiger partial charge is 0.347 e. The van der Waals surface area contributed by atoms with E-state index in [0.29, 0.717) is 6.10 Å². The topological polar surface area (TPSA) is 18.5 Å². The zero-order valence-corrected chi connectivity index (χ0v) is 31.4. The summed E-state index contributed by atoms with van der Waals surface area (Å²) >= 11 is 0. The molecule has 0 aromatic carbocycles. The van der Waals surface area contributed by atoms with Crippen LogP contribution in [-0.2, 0) is 9.47 Å². The van der Waals surface area contributed by atoms with Gasteiger partial charge in [-0.2, -0.15) is 0 Å². The van der Waals surface area contributed by atoms with E-state index in [2.05, 4.69) is 69.4 Å².